The average Bonchev–Trinajstić information content (AvgIpc) is 2.90. The van der Waals surface area contributed by atoms with Gasteiger partial charge in [0.25, 0.3) is 0 Å². The third kappa shape index (κ3) is 2.14. The van der Waals surface area contributed by atoms with Crippen LogP contribution in [0.25, 0.3) is 22.4 Å². The van der Waals surface area contributed by atoms with Gasteiger partial charge in [0.05, 0.1) is 19.5 Å². The van der Waals surface area contributed by atoms with Crippen LogP contribution >= 0.6 is 0 Å². The van der Waals surface area contributed by atoms with Gasteiger partial charge in [-0.1, -0.05) is 12.1 Å². The predicted octanol–water partition coefficient (Wildman–Crippen LogP) is 2.55. The highest BCUT2D eigenvalue weighted by atomic mass is 16.5. The Kier molecular flexibility index (Phi) is 3.16. The summed E-state index contributed by atoms with van der Waals surface area (Å²) in [5.41, 5.74) is 3.82. The van der Waals surface area contributed by atoms with E-state index in [1.165, 1.54) is 0 Å². The topological polar surface area (TPSA) is 52.8 Å². The van der Waals surface area contributed by atoms with Gasteiger partial charge in [0.15, 0.2) is 0 Å². The Bertz CT molecular complexity index is 722. The zero-order valence-electron chi connectivity index (χ0n) is 11.3. The summed E-state index contributed by atoms with van der Waals surface area (Å²) in [7, 11) is 3.56. The minimum atomic E-state index is 0.800. The molecule has 0 amide bonds. The molecule has 1 aromatic carbocycles. The molecule has 20 heavy (non-hydrogen) atoms. The molecule has 0 unspecified atom stereocenters. The Morgan fingerprint density at radius 2 is 1.90 bits per heavy atom. The first kappa shape index (κ1) is 12.3. The van der Waals surface area contributed by atoms with E-state index in [1.54, 1.807) is 24.2 Å². The third-order valence-corrected chi connectivity index (χ3v) is 3.09. The molecule has 3 rings (SSSR count). The Balaban J connectivity index is 2.20. The van der Waals surface area contributed by atoms with E-state index in [0.717, 1.165) is 28.1 Å². The first-order chi connectivity index (χ1) is 9.79. The third-order valence-electron chi connectivity index (χ3n) is 3.09. The normalized spacial score (nSPS) is 10.5. The lowest BCUT2D eigenvalue weighted by Crippen LogP contribution is -1.91. The van der Waals surface area contributed by atoms with Crippen LogP contribution in [-0.2, 0) is 7.05 Å². The van der Waals surface area contributed by atoms with Crippen molar-refractivity contribution in [2.45, 2.75) is 0 Å². The number of ether oxygens (including phenoxy) is 1. The number of benzene rings is 1. The summed E-state index contributed by atoms with van der Waals surface area (Å²) in [6.45, 7) is 0. The molecule has 5 nitrogen and oxygen atoms in total. The van der Waals surface area contributed by atoms with Crippen molar-refractivity contribution in [3.8, 4) is 28.1 Å². The zero-order valence-corrected chi connectivity index (χ0v) is 11.3. The number of hydrogen-bond donors (Lipinski definition) is 0. The SMILES string of the molecule is COc1ccccc1-c1nn(C)cc1-c1ccnnc1. The van der Waals surface area contributed by atoms with Crippen molar-refractivity contribution < 1.29 is 4.74 Å². The lowest BCUT2D eigenvalue weighted by atomic mass is 10.0. The van der Waals surface area contributed by atoms with E-state index in [1.807, 2.05) is 43.6 Å². The number of methoxy groups -OCH3 is 1. The Hall–Kier alpha value is -2.69. The Morgan fingerprint density at radius 1 is 1.05 bits per heavy atom. The molecule has 5 heteroatoms. The fraction of sp³-hybridized carbons (Fsp3) is 0.133. The number of para-hydroxylation sites is 1. The second-order valence-electron chi connectivity index (χ2n) is 4.40. The quantitative estimate of drug-likeness (QED) is 0.731. The number of aromatic nitrogens is 4. The summed E-state index contributed by atoms with van der Waals surface area (Å²) in [5, 5.41) is 12.3. The van der Waals surface area contributed by atoms with E-state index in [0.29, 0.717) is 0 Å². The van der Waals surface area contributed by atoms with Crippen molar-refractivity contribution in [2.24, 2.45) is 7.05 Å². The van der Waals surface area contributed by atoms with E-state index < -0.39 is 0 Å². The smallest absolute Gasteiger partial charge is 0.128 e. The first-order valence-corrected chi connectivity index (χ1v) is 6.23. The van der Waals surface area contributed by atoms with Gasteiger partial charge >= 0.3 is 0 Å². The second kappa shape index (κ2) is 5.13. The molecule has 100 valence electrons. The molecule has 2 aromatic heterocycles. The lowest BCUT2D eigenvalue weighted by molar-refractivity contribution is 0.416. The highest BCUT2D eigenvalue weighted by Gasteiger charge is 2.15. The van der Waals surface area contributed by atoms with Crippen LogP contribution in [0.5, 0.6) is 5.75 Å². The fourth-order valence-corrected chi connectivity index (χ4v) is 2.19. The molecule has 0 aliphatic carbocycles. The van der Waals surface area contributed by atoms with Crippen LogP contribution in [0.2, 0.25) is 0 Å². The van der Waals surface area contributed by atoms with E-state index in [-0.39, 0.29) is 0 Å². The first-order valence-electron chi connectivity index (χ1n) is 6.23. The van der Waals surface area contributed by atoms with Gasteiger partial charge in [0.2, 0.25) is 0 Å². The van der Waals surface area contributed by atoms with Gasteiger partial charge in [0, 0.05) is 29.9 Å². The summed E-state index contributed by atoms with van der Waals surface area (Å²) < 4.78 is 7.21. The van der Waals surface area contributed by atoms with Gasteiger partial charge < -0.3 is 4.74 Å². The van der Waals surface area contributed by atoms with Gasteiger partial charge in [-0.25, -0.2) is 0 Å². The molecule has 2 heterocycles. The van der Waals surface area contributed by atoms with E-state index in [2.05, 4.69) is 15.3 Å². The maximum atomic E-state index is 5.42. The second-order valence-corrected chi connectivity index (χ2v) is 4.40. The van der Waals surface area contributed by atoms with Crippen molar-refractivity contribution in [1.82, 2.24) is 20.0 Å². The Labute approximate surface area is 116 Å². The highest BCUT2D eigenvalue weighted by molar-refractivity contribution is 5.82. The standard InChI is InChI=1S/C15H14N4O/c1-19-10-13(11-7-8-16-17-9-11)15(18-19)12-5-3-4-6-14(12)20-2/h3-10H,1-2H3. The van der Waals surface area contributed by atoms with Gasteiger partial charge in [-0.05, 0) is 18.2 Å². The maximum Gasteiger partial charge on any atom is 0.128 e. The van der Waals surface area contributed by atoms with Crippen LogP contribution in [-0.4, -0.2) is 27.1 Å². The summed E-state index contributed by atoms with van der Waals surface area (Å²) in [6.07, 6.45) is 5.38. The molecule has 0 aliphatic heterocycles. The van der Waals surface area contributed by atoms with E-state index in [4.69, 9.17) is 4.74 Å². The zero-order chi connectivity index (χ0) is 13.9. The summed E-state index contributed by atoms with van der Waals surface area (Å²) in [4.78, 5) is 0. The van der Waals surface area contributed by atoms with Crippen LogP contribution < -0.4 is 4.74 Å². The van der Waals surface area contributed by atoms with Crippen molar-refractivity contribution in [2.75, 3.05) is 7.11 Å². The molecule has 0 saturated carbocycles. The summed E-state index contributed by atoms with van der Waals surface area (Å²) in [5.74, 6) is 0.800. The van der Waals surface area contributed by atoms with Crippen LogP contribution in [0.15, 0.2) is 48.9 Å². The van der Waals surface area contributed by atoms with E-state index >= 15 is 0 Å². The lowest BCUT2D eigenvalue weighted by Gasteiger charge is -2.07. The van der Waals surface area contributed by atoms with Gasteiger partial charge in [-0.3, -0.25) is 4.68 Å². The molecule has 0 radical (unpaired) electrons. The molecule has 0 spiro atoms. The largest absolute Gasteiger partial charge is 0.496 e. The molecule has 0 bridgehead atoms. The van der Waals surface area contributed by atoms with Crippen molar-refractivity contribution >= 4 is 0 Å². The number of nitrogens with zero attached hydrogens (tertiary/aromatic N) is 4. The van der Waals surface area contributed by atoms with Gasteiger partial charge in [-0.15, -0.1) is 0 Å². The molecule has 0 atom stereocenters. The minimum absolute atomic E-state index is 0.800. The summed E-state index contributed by atoms with van der Waals surface area (Å²) >= 11 is 0. The summed E-state index contributed by atoms with van der Waals surface area (Å²) in [6, 6.07) is 9.76. The number of hydrogen-bond acceptors (Lipinski definition) is 4. The molecule has 0 fully saturated rings. The minimum Gasteiger partial charge on any atom is -0.496 e. The highest BCUT2D eigenvalue weighted by Crippen LogP contribution is 2.35. The van der Waals surface area contributed by atoms with Crippen molar-refractivity contribution in [1.29, 1.82) is 0 Å². The van der Waals surface area contributed by atoms with Crippen molar-refractivity contribution in [3.05, 3.63) is 48.9 Å². The van der Waals surface area contributed by atoms with E-state index in [9.17, 15) is 0 Å². The number of rotatable bonds is 3. The monoisotopic (exact) mass is 266 g/mol. The molecule has 0 saturated heterocycles. The van der Waals surface area contributed by atoms with Gasteiger partial charge in [0.1, 0.15) is 11.4 Å². The van der Waals surface area contributed by atoms with Crippen LogP contribution in [0.3, 0.4) is 0 Å². The molecule has 0 N–H and O–H groups in total. The fourth-order valence-electron chi connectivity index (χ4n) is 2.19. The van der Waals surface area contributed by atoms with Crippen molar-refractivity contribution in [3.63, 3.8) is 0 Å². The molecule has 3 aromatic rings. The van der Waals surface area contributed by atoms with Crippen LogP contribution in [0.1, 0.15) is 0 Å². The predicted molar refractivity (Wildman–Crippen MR) is 76.2 cm³/mol. The average molecular weight is 266 g/mol. The maximum absolute atomic E-state index is 5.42. The molecule has 0 aliphatic rings. The number of aryl methyl sites for hydroxylation is 1. The van der Waals surface area contributed by atoms with Crippen LogP contribution in [0.4, 0.5) is 0 Å². The molecular weight excluding hydrogens is 252 g/mol. The molecular formula is C15H14N4O. The van der Waals surface area contributed by atoms with Crippen LogP contribution in [0, 0.1) is 0 Å². The van der Waals surface area contributed by atoms with Gasteiger partial charge in [-0.2, -0.15) is 15.3 Å². The Morgan fingerprint density at radius 3 is 2.65 bits per heavy atom.